The summed E-state index contributed by atoms with van der Waals surface area (Å²) < 4.78 is 1.90. The molecular formula is C23H24N4O. The quantitative estimate of drug-likeness (QED) is 0.541. The van der Waals surface area contributed by atoms with E-state index in [1.54, 1.807) is 0 Å². The lowest BCUT2D eigenvalue weighted by Gasteiger charge is -2.06. The van der Waals surface area contributed by atoms with Crippen LogP contribution in [0.1, 0.15) is 35.3 Å². The van der Waals surface area contributed by atoms with Crippen LogP contribution in [0.25, 0.3) is 21.9 Å². The number of hydrogen-bond donors (Lipinski definition) is 1. The largest absolute Gasteiger partial charge is 0.305 e. The summed E-state index contributed by atoms with van der Waals surface area (Å²) >= 11 is 0. The first kappa shape index (κ1) is 18.2. The van der Waals surface area contributed by atoms with Gasteiger partial charge in [-0.3, -0.25) is 4.79 Å². The van der Waals surface area contributed by atoms with Crippen molar-refractivity contribution in [2.75, 3.05) is 5.32 Å². The molecule has 28 heavy (non-hydrogen) atoms. The highest BCUT2D eigenvalue weighted by Gasteiger charge is 2.17. The van der Waals surface area contributed by atoms with Gasteiger partial charge in [0.2, 0.25) is 0 Å². The van der Waals surface area contributed by atoms with Crippen molar-refractivity contribution in [3.8, 4) is 0 Å². The third kappa shape index (κ3) is 3.48. The third-order valence-electron chi connectivity index (χ3n) is 4.76. The summed E-state index contributed by atoms with van der Waals surface area (Å²) in [4.78, 5) is 17.6. The SMILES string of the molecule is Cc1ccc(C(=O)Nc2nn(CC(C)C)c3nc4cc(C)ccc4cc23)cc1. The molecule has 0 bridgehead atoms. The van der Waals surface area contributed by atoms with Crippen molar-refractivity contribution in [1.82, 2.24) is 14.8 Å². The van der Waals surface area contributed by atoms with E-state index >= 15 is 0 Å². The molecule has 0 unspecified atom stereocenters. The number of carbonyl (C=O) groups excluding carboxylic acids is 1. The number of carbonyl (C=O) groups is 1. The summed E-state index contributed by atoms with van der Waals surface area (Å²) in [6.45, 7) is 9.08. The second kappa shape index (κ2) is 7.08. The number of benzene rings is 2. The van der Waals surface area contributed by atoms with Gasteiger partial charge in [0.05, 0.1) is 10.9 Å². The van der Waals surface area contributed by atoms with Crippen LogP contribution in [0.5, 0.6) is 0 Å². The Morgan fingerprint density at radius 3 is 2.46 bits per heavy atom. The molecule has 2 aromatic heterocycles. The van der Waals surface area contributed by atoms with Crippen molar-refractivity contribution < 1.29 is 4.79 Å². The number of amides is 1. The number of anilines is 1. The average molecular weight is 372 g/mol. The molecule has 2 heterocycles. The summed E-state index contributed by atoms with van der Waals surface area (Å²) in [5.41, 5.74) is 4.64. The van der Waals surface area contributed by atoms with E-state index in [0.717, 1.165) is 34.0 Å². The van der Waals surface area contributed by atoms with Crippen molar-refractivity contribution in [1.29, 1.82) is 0 Å². The zero-order valence-electron chi connectivity index (χ0n) is 16.7. The molecule has 4 aromatic rings. The van der Waals surface area contributed by atoms with Crippen molar-refractivity contribution in [2.24, 2.45) is 5.92 Å². The van der Waals surface area contributed by atoms with Crippen molar-refractivity contribution in [3.05, 3.63) is 65.2 Å². The molecule has 2 aromatic carbocycles. The van der Waals surface area contributed by atoms with Crippen molar-refractivity contribution in [2.45, 2.75) is 34.2 Å². The maximum atomic E-state index is 12.7. The number of aromatic nitrogens is 3. The van der Waals surface area contributed by atoms with Gasteiger partial charge in [-0.25, -0.2) is 9.67 Å². The summed E-state index contributed by atoms with van der Waals surface area (Å²) in [6, 6.07) is 15.8. The Morgan fingerprint density at radius 1 is 1.04 bits per heavy atom. The van der Waals surface area contributed by atoms with Gasteiger partial charge in [0.15, 0.2) is 11.5 Å². The molecule has 1 N–H and O–H groups in total. The number of nitrogens with one attached hydrogen (secondary N) is 1. The molecule has 0 saturated heterocycles. The van der Waals surface area contributed by atoms with Crippen LogP contribution < -0.4 is 5.32 Å². The van der Waals surface area contributed by atoms with Gasteiger partial charge in [-0.2, -0.15) is 5.10 Å². The standard InChI is InChI=1S/C23H24N4O/c1-14(2)13-27-22-19(12-18-10-7-16(4)11-20(18)24-22)21(26-27)25-23(28)17-8-5-15(3)6-9-17/h5-12,14H,13H2,1-4H3,(H,25,26,28). The van der Waals surface area contributed by atoms with Crippen molar-refractivity contribution >= 4 is 33.7 Å². The first-order valence-corrected chi connectivity index (χ1v) is 9.56. The van der Waals surface area contributed by atoms with Gasteiger partial charge in [-0.05, 0) is 49.6 Å². The molecule has 0 aliphatic rings. The summed E-state index contributed by atoms with van der Waals surface area (Å²) in [6.07, 6.45) is 0. The molecule has 1 amide bonds. The summed E-state index contributed by atoms with van der Waals surface area (Å²) in [5, 5.41) is 9.55. The minimum absolute atomic E-state index is 0.167. The number of aryl methyl sites for hydroxylation is 2. The van der Waals surface area contributed by atoms with Crippen LogP contribution >= 0.6 is 0 Å². The Kier molecular flexibility index (Phi) is 4.59. The number of rotatable bonds is 4. The highest BCUT2D eigenvalue weighted by Crippen LogP contribution is 2.27. The predicted molar refractivity (Wildman–Crippen MR) is 114 cm³/mol. The second-order valence-electron chi connectivity index (χ2n) is 7.80. The van der Waals surface area contributed by atoms with E-state index in [9.17, 15) is 4.79 Å². The summed E-state index contributed by atoms with van der Waals surface area (Å²) in [7, 11) is 0. The van der Waals surface area contributed by atoms with E-state index in [1.807, 2.05) is 35.9 Å². The van der Waals surface area contributed by atoms with Crippen LogP contribution in [0.2, 0.25) is 0 Å². The van der Waals surface area contributed by atoms with Crippen LogP contribution in [0.3, 0.4) is 0 Å². The number of fused-ring (bicyclic) bond motifs is 2. The summed E-state index contributed by atoms with van der Waals surface area (Å²) in [5.74, 6) is 0.801. The molecule has 5 heteroatoms. The molecule has 0 aliphatic carbocycles. The van der Waals surface area contributed by atoms with E-state index in [-0.39, 0.29) is 5.91 Å². The van der Waals surface area contributed by atoms with Crippen LogP contribution in [0, 0.1) is 19.8 Å². The van der Waals surface area contributed by atoms with Crippen LogP contribution in [0.4, 0.5) is 5.82 Å². The van der Waals surface area contributed by atoms with E-state index in [1.165, 1.54) is 5.56 Å². The van der Waals surface area contributed by atoms with Crippen LogP contribution in [-0.2, 0) is 6.54 Å². The molecule has 0 atom stereocenters. The topological polar surface area (TPSA) is 59.8 Å². The van der Waals surface area contributed by atoms with Gasteiger partial charge in [-0.1, -0.05) is 43.7 Å². The van der Waals surface area contributed by atoms with Gasteiger partial charge in [0.1, 0.15) is 0 Å². The first-order chi connectivity index (χ1) is 13.4. The first-order valence-electron chi connectivity index (χ1n) is 9.56. The highest BCUT2D eigenvalue weighted by molar-refractivity contribution is 6.08. The Morgan fingerprint density at radius 2 is 1.75 bits per heavy atom. The lowest BCUT2D eigenvalue weighted by atomic mass is 10.1. The van der Waals surface area contributed by atoms with E-state index in [4.69, 9.17) is 4.98 Å². The van der Waals surface area contributed by atoms with E-state index in [0.29, 0.717) is 17.3 Å². The van der Waals surface area contributed by atoms with Gasteiger partial charge in [0.25, 0.3) is 5.91 Å². The fraction of sp³-hybridized carbons (Fsp3) is 0.261. The van der Waals surface area contributed by atoms with Crippen LogP contribution in [-0.4, -0.2) is 20.7 Å². The lowest BCUT2D eigenvalue weighted by molar-refractivity contribution is 0.102. The average Bonchev–Trinajstić information content (AvgIpc) is 2.96. The number of nitrogens with zero attached hydrogens (tertiary/aromatic N) is 3. The fourth-order valence-electron chi connectivity index (χ4n) is 3.31. The van der Waals surface area contributed by atoms with E-state index in [2.05, 4.69) is 55.5 Å². The van der Waals surface area contributed by atoms with Gasteiger partial charge >= 0.3 is 0 Å². The lowest BCUT2D eigenvalue weighted by Crippen LogP contribution is -2.13. The molecule has 5 nitrogen and oxygen atoms in total. The van der Waals surface area contributed by atoms with Gasteiger partial charge in [0, 0.05) is 17.5 Å². The second-order valence-corrected chi connectivity index (χ2v) is 7.80. The molecule has 0 radical (unpaired) electrons. The monoisotopic (exact) mass is 372 g/mol. The molecule has 0 fully saturated rings. The Labute approximate surface area is 164 Å². The Balaban J connectivity index is 1.81. The molecular weight excluding hydrogens is 348 g/mol. The van der Waals surface area contributed by atoms with Crippen LogP contribution in [0.15, 0.2) is 48.5 Å². The maximum absolute atomic E-state index is 12.7. The normalized spacial score (nSPS) is 11.5. The van der Waals surface area contributed by atoms with E-state index < -0.39 is 0 Å². The van der Waals surface area contributed by atoms with Gasteiger partial charge < -0.3 is 5.32 Å². The minimum atomic E-state index is -0.167. The number of hydrogen-bond acceptors (Lipinski definition) is 3. The number of pyridine rings is 1. The maximum Gasteiger partial charge on any atom is 0.256 e. The minimum Gasteiger partial charge on any atom is -0.305 e. The smallest absolute Gasteiger partial charge is 0.256 e. The zero-order valence-corrected chi connectivity index (χ0v) is 16.7. The zero-order chi connectivity index (χ0) is 19.8. The highest BCUT2D eigenvalue weighted by atomic mass is 16.1. The molecule has 0 spiro atoms. The molecule has 0 aliphatic heterocycles. The molecule has 4 rings (SSSR count). The van der Waals surface area contributed by atoms with Gasteiger partial charge in [-0.15, -0.1) is 0 Å². The Bertz CT molecular complexity index is 1170. The molecule has 142 valence electrons. The molecule has 0 saturated carbocycles. The van der Waals surface area contributed by atoms with Crippen molar-refractivity contribution in [3.63, 3.8) is 0 Å². The fourth-order valence-corrected chi connectivity index (χ4v) is 3.31. The third-order valence-corrected chi connectivity index (χ3v) is 4.76. The predicted octanol–water partition coefficient (Wildman–Crippen LogP) is 5.11. The Hall–Kier alpha value is -3.21.